The number of fused-ring (bicyclic) bond motifs is 1. The summed E-state index contributed by atoms with van der Waals surface area (Å²) in [5, 5.41) is 8.22. The van der Waals surface area contributed by atoms with Crippen LogP contribution in [0.3, 0.4) is 0 Å². The molecule has 1 aromatic carbocycles. The van der Waals surface area contributed by atoms with Gasteiger partial charge in [0.05, 0.1) is 5.69 Å². The van der Waals surface area contributed by atoms with Crippen LogP contribution in [0, 0.1) is 0 Å². The molecular weight excluding hydrogens is 292 g/mol. The van der Waals surface area contributed by atoms with E-state index in [2.05, 4.69) is 20.6 Å². The van der Waals surface area contributed by atoms with Crippen LogP contribution in [0.5, 0.6) is 0 Å². The molecule has 0 bridgehead atoms. The van der Waals surface area contributed by atoms with Gasteiger partial charge in [0.15, 0.2) is 5.16 Å². The highest BCUT2D eigenvalue weighted by Gasteiger charge is 2.17. The predicted molar refractivity (Wildman–Crippen MR) is 84.0 cm³/mol. The first-order valence-electron chi connectivity index (χ1n) is 6.43. The van der Waals surface area contributed by atoms with Crippen molar-refractivity contribution in [3.63, 3.8) is 0 Å². The summed E-state index contributed by atoms with van der Waals surface area (Å²) in [5.41, 5.74) is 3.23. The zero-order valence-corrected chi connectivity index (χ0v) is 12.7. The molecule has 0 radical (unpaired) electrons. The smallest absolute Gasteiger partial charge is 0.189 e. The maximum absolute atomic E-state index is 6.03. The van der Waals surface area contributed by atoms with Crippen molar-refractivity contribution in [3.05, 3.63) is 40.5 Å². The molecule has 3 rings (SSSR count). The van der Waals surface area contributed by atoms with Gasteiger partial charge >= 0.3 is 0 Å². The van der Waals surface area contributed by atoms with Crippen LogP contribution < -0.4 is 10.6 Å². The average molecular weight is 307 g/mol. The summed E-state index contributed by atoms with van der Waals surface area (Å²) >= 11 is 7.58. The Hall–Kier alpha value is -1.30. The first-order valence-corrected chi connectivity index (χ1v) is 8.03. The van der Waals surface area contributed by atoms with Crippen LogP contribution in [0.25, 0.3) is 0 Å². The van der Waals surface area contributed by atoms with Crippen molar-refractivity contribution in [2.75, 3.05) is 18.1 Å². The third-order valence-corrected chi connectivity index (χ3v) is 3.97. The number of hydrogen-bond donors (Lipinski definition) is 2. The Morgan fingerprint density at radius 3 is 3.05 bits per heavy atom. The van der Waals surface area contributed by atoms with E-state index in [9.17, 15) is 0 Å². The van der Waals surface area contributed by atoms with E-state index in [1.807, 2.05) is 30.5 Å². The lowest BCUT2D eigenvalue weighted by Gasteiger charge is -2.20. The maximum atomic E-state index is 6.03. The number of nitrogens with one attached hydrogen (secondary N) is 2. The lowest BCUT2D eigenvalue weighted by atomic mass is 10.1. The van der Waals surface area contributed by atoms with E-state index in [4.69, 9.17) is 11.6 Å². The highest BCUT2D eigenvalue weighted by molar-refractivity contribution is 7.98. The number of aromatic nitrogens is 2. The summed E-state index contributed by atoms with van der Waals surface area (Å²) in [5.74, 6) is 0.892. The fraction of sp³-hybridized carbons (Fsp3) is 0.286. The normalized spacial score (nSPS) is 13.9. The molecular formula is C14H15ClN4S. The van der Waals surface area contributed by atoms with Gasteiger partial charge < -0.3 is 10.6 Å². The first-order chi connectivity index (χ1) is 9.76. The number of nitrogens with zero attached hydrogens (tertiary/aromatic N) is 2. The Balaban J connectivity index is 1.99. The van der Waals surface area contributed by atoms with Gasteiger partial charge in [-0.05, 0) is 37.4 Å². The van der Waals surface area contributed by atoms with E-state index in [1.165, 1.54) is 5.56 Å². The summed E-state index contributed by atoms with van der Waals surface area (Å²) in [6.45, 7) is 1.76. The number of halogens is 1. The van der Waals surface area contributed by atoms with E-state index < -0.39 is 0 Å². The van der Waals surface area contributed by atoms with Gasteiger partial charge in [0.25, 0.3) is 0 Å². The quantitative estimate of drug-likeness (QED) is 0.673. The molecule has 1 aliphatic rings. The molecule has 0 fully saturated rings. The minimum atomic E-state index is 0.713. The summed E-state index contributed by atoms with van der Waals surface area (Å²) in [6.07, 6.45) is 2.92. The van der Waals surface area contributed by atoms with E-state index in [1.54, 1.807) is 11.8 Å². The number of hydrogen-bond acceptors (Lipinski definition) is 5. The van der Waals surface area contributed by atoms with Gasteiger partial charge in [-0.25, -0.2) is 9.97 Å². The monoisotopic (exact) mass is 306 g/mol. The Morgan fingerprint density at radius 1 is 1.35 bits per heavy atom. The minimum absolute atomic E-state index is 0.713. The Kier molecular flexibility index (Phi) is 4.10. The standard InChI is InChI=1S/C14H15ClN4S/c1-20-14-18-12-8-16-6-5-11(12)13(19-14)17-10-4-2-3-9(15)7-10/h2-4,7,16H,5-6,8H2,1H3,(H,17,18,19). The van der Waals surface area contributed by atoms with Gasteiger partial charge in [0.2, 0.25) is 0 Å². The van der Waals surface area contributed by atoms with Crippen LogP contribution in [-0.2, 0) is 13.0 Å². The number of anilines is 2. The largest absolute Gasteiger partial charge is 0.340 e. The van der Waals surface area contributed by atoms with Gasteiger partial charge in [0, 0.05) is 22.8 Å². The van der Waals surface area contributed by atoms with E-state index in [-0.39, 0.29) is 0 Å². The second kappa shape index (κ2) is 5.99. The lowest BCUT2D eigenvalue weighted by molar-refractivity contribution is 0.615. The Bertz CT molecular complexity index is 633. The van der Waals surface area contributed by atoms with Gasteiger partial charge in [-0.15, -0.1) is 0 Å². The minimum Gasteiger partial charge on any atom is -0.340 e. The van der Waals surface area contributed by atoms with Crippen molar-refractivity contribution < 1.29 is 0 Å². The molecule has 1 aromatic heterocycles. The summed E-state index contributed by atoms with van der Waals surface area (Å²) in [6, 6.07) is 7.67. The van der Waals surface area contributed by atoms with Gasteiger partial charge in [-0.3, -0.25) is 0 Å². The molecule has 4 nitrogen and oxygen atoms in total. The summed E-state index contributed by atoms with van der Waals surface area (Å²) in [4.78, 5) is 9.17. The van der Waals surface area contributed by atoms with Gasteiger partial charge in [0.1, 0.15) is 5.82 Å². The molecule has 0 atom stereocenters. The van der Waals surface area contributed by atoms with Gasteiger partial charge in [-0.2, -0.15) is 0 Å². The molecule has 0 spiro atoms. The third kappa shape index (κ3) is 2.90. The topological polar surface area (TPSA) is 49.8 Å². The van der Waals surface area contributed by atoms with Crippen molar-refractivity contribution in [2.24, 2.45) is 0 Å². The molecule has 0 unspecified atom stereocenters. The molecule has 0 aliphatic carbocycles. The van der Waals surface area contributed by atoms with Crippen LogP contribution in [0.15, 0.2) is 29.4 Å². The number of thioether (sulfide) groups is 1. The van der Waals surface area contributed by atoms with Crippen molar-refractivity contribution in [2.45, 2.75) is 18.1 Å². The Labute approximate surface area is 127 Å². The average Bonchev–Trinajstić information content (AvgIpc) is 2.47. The summed E-state index contributed by atoms with van der Waals surface area (Å²) in [7, 11) is 0. The zero-order valence-electron chi connectivity index (χ0n) is 11.1. The molecule has 6 heteroatoms. The van der Waals surface area contributed by atoms with Crippen LogP contribution in [-0.4, -0.2) is 22.8 Å². The van der Waals surface area contributed by atoms with Crippen LogP contribution >= 0.6 is 23.4 Å². The first kappa shape index (κ1) is 13.7. The second-order valence-corrected chi connectivity index (χ2v) is 5.76. The highest BCUT2D eigenvalue weighted by Crippen LogP contribution is 2.27. The van der Waals surface area contributed by atoms with Crippen LogP contribution in [0.1, 0.15) is 11.3 Å². The van der Waals surface area contributed by atoms with Crippen molar-refractivity contribution in [1.29, 1.82) is 0 Å². The molecule has 2 aromatic rings. The fourth-order valence-electron chi connectivity index (χ4n) is 2.23. The van der Waals surface area contributed by atoms with Crippen molar-refractivity contribution in [1.82, 2.24) is 15.3 Å². The molecule has 1 aliphatic heterocycles. The van der Waals surface area contributed by atoms with E-state index in [0.29, 0.717) is 5.02 Å². The molecule has 104 valence electrons. The summed E-state index contributed by atoms with van der Waals surface area (Å²) < 4.78 is 0. The zero-order chi connectivity index (χ0) is 13.9. The molecule has 20 heavy (non-hydrogen) atoms. The van der Waals surface area contributed by atoms with Crippen molar-refractivity contribution >= 4 is 34.9 Å². The fourth-order valence-corrected chi connectivity index (χ4v) is 2.81. The van der Waals surface area contributed by atoms with Crippen LogP contribution in [0.4, 0.5) is 11.5 Å². The van der Waals surface area contributed by atoms with Gasteiger partial charge in [-0.1, -0.05) is 29.4 Å². The predicted octanol–water partition coefficient (Wildman–Crippen LogP) is 3.24. The molecule has 2 heterocycles. The molecule has 2 N–H and O–H groups in total. The van der Waals surface area contributed by atoms with Crippen molar-refractivity contribution in [3.8, 4) is 0 Å². The molecule has 0 saturated heterocycles. The SMILES string of the molecule is CSc1nc2c(c(Nc3cccc(Cl)c3)n1)CCNC2. The number of benzene rings is 1. The maximum Gasteiger partial charge on any atom is 0.189 e. The van der Waals surface area contributed by atoms with E-state index >= 15 is 0 Å². The number of rotatable bonds is 3. The highest BCUT2D eigenvalue weighted by atomic mass is 35.5. The molecule has 0 amide bonds. The lowest BCUT2D eigenvalue weighted by Crippen LogP contribution is -2.26. The van der Waals surface area contributed by atoms with Crippen LogP contribution in [0.2, 0.25) is 5.02 Å². The molecule has 0 saturated carbocycles. The van der Waals surface area contributed by atoms with E-state index in [0.717, 1.165) is 41.9 Å². The Morgan fingerprint density at radius 2 is 2.25 bits per heavy atom. The second-order valence-electron chi connectivity index (χ2n) is 4.55. The third-order valence-electron chi connectivity index (χ3n) is 3.19.